The van der Waals surface area contributed by atoms with Gasteiger partial charge >= 0.3 is 12.2 Å². The predicted molar refractivity (Wildman–Crippen MR) is 217 cm³/mol. The summed E-state index contributed by atoms with van der Waals surface area (Å²) in [5.41, 5.74) is 6.36. The largest absolute Gasteiger partial charge is 0.456 e. The van der Waals surface area contributed by atoms with Crippen molar-refractivity contribution in [3.8, 4) is 34.0 Å². The van der Waals surface area contributed by atoms with Gasteiger partial charge < -0.3 is 44.6 Å². The molecule has 2 aromatic carbocycles. The minimum atomic E-state index is -0.709. The number of likely N-dealkylation sites (tertiary alicyclic amines) is 2. The van der Waals surface area contributed by atoms with Gasteiger partial charge in [0.05, 0.1) is 50.1 Å². The number of aromatic nitrogens is 4. The molecule has 5 heterocycles. The van der Waals surface area contributed by atoms with Crippen LogP contribution in [-0.4, -0.2) is 93.1 Å². The molecular weight excluding hydrogens is 741 g/mol. The van der Waals surface area contributed by atoms with E-state index in [1.165, 1.54) is 14.2 Å². The fraction of sp³-hybridized carbons (Fsp3) is 0.442. The normalized spacial score (nSPS) is 19.1. The summed E-state index contributed by atoms with van der Waals surface area (Å²) >= 11 is 0. The Morgan fingerprint density at radius 2 is 1.24 bits per heavy atom. The summed E-state index contributed by atoms with van der Waals surface area (Å²) in [6, 6.07) is 10.2. The average Bonchev–Trinajstić information content (AvgIpc) is 4.06. The summed E-state index contributed by atoms with van der Waals surface area (Å²) in [5, 5.41) is 5.40. The number of aromatic amines is 2. The third-order valence-electron chi connectivity index (χ3n) is 11.3. The fourth-order valence-electron chi connectivity index (χ4n) is 8.26. The Bertz CT molecular complexity index is 2220. The molecule has 7 rings (SSSR count). The van der Waals surface area contributed by atoms with Gasteiger partial charge in [-0.05, 0) is 80.3 Å². The average molecular weight is 793 g/mol. The van der Waals surface area contributed by atoms with Gasteiger partial charge in [0.2, 0.25) is 11.8 Å². The molecule has 2 saturated heterocycles. The van der Waals surface area contributed by atoms with Crippen LogP contribution in [0.2, 0.25) is 0 Å². The minimum absolute atomic E-state index is 0.122. The number of amides is 4. The molecule has 2 aromatic heterocycles. The van der Waals surface area contributed by atoms with E-state index in [1.807, 2.05) is 65.0 Å². The Balaban J connectivity index is 1.08. The summed E-state index contributed by atoms with van der Waals surface area (Å²) in [4.78, 5) is 71.3. The van der Waals surface area contributed by atoms with Crippen LogP contribution < -0.4 is 15.4 Å². The second-order valence-electron chi connectivity index (χ2n) is 15.7. The quantitative estimate of drug-likeness (QED) is 0.114. The maximum absolute atomic E-state index is 13.7. The molecule has 0 saturated carbocycles. The van der Waals surface area contributed by atoms with Crippen molar-refractivity contribution in [2.75, 3.05) is 27.3 Å². The van der Waals surface area contributed by atoms with Gasteiger partial charge in [-0.1, -0.05) is 39.8 Å². The number of methoxy groups -OCH3 is 2. The van der Waals surface area contributed by atoms with Crippen molar-refractivity contribution in [3.05, 3.63) is 77.6 Å². The van der Waals surface area contributed by atoms with Crippen molar-refractivity contribution < 1.29 is 33.4 Å². The van der Waals surface area contributed by atoms with Crippen LogP contribution in [0.15, 0.2) is 54.9 Å². The number of benzene rings is 2. The van der Waals surface area contributed by atoms with E-state index in [4.69, 9.17) is 24.2 Å². The van der Waals surface area contributed by atoms with Gasteiger partial charge in [-0.2, -0.15) is 0 Å². The molecule has 0 unspecified atom stereocenters. The molecule has 58 heavy (non-hydrogen) atoms. The molecule has 15 nitrogen and oxygen atoms in total. The van der Waals surface area contributed by atoms with Crippen molar-refractivity contribution >= 4 is 29.6 Å². The van der Waals surface area contributed by atoms with Gasteiger partial charge in [-0.15, -0.1) is 0 Å². The molecule has 4 N–H and O–H groups in total. The lowest BCUT2D eigenvalue weighted by atomic mass is 9.91. The van der Waals surface area contributed by atoms with Crippen LogP contribution in [0.5, 0.6) is 11.5 Å². The number of imidazole rings is 2. The third-order valence-corrected chi connectivity index (χ3v) is 11.3. The van der Waals surface area contributed by atoms with E-state index in [2.05, 4.69) is 32.7 Å². The summed E-state index contributed by atoms with van der Waals surface area (Å²) in [7, 11) is 2.57. The SMILES string of the molecule is C/C=C1/c2ccc(-c3cnc([C@@H]4CCCN4C(=O)[C@@H](NC(=O)OC)C(C)C)[nH]3)cc2Oc2ccc(-c3cnc([C@@H]4CCCN4C(=O)[C@@H](NC(=O)OC)C(C)C)[nH]3)cc21. The van der Waals surface area contributed by atoms with Gasteiger partial charge in [0.15, 0.2) is 0 Å². The minimum Gasteiger partial charge on any atom is -0.456 e. The number of fused-ring (bicyclic) bond motifs is 2. The molecule has 4 atom stereocenters. The van der Waals surface area contributed by atoms with E-state index in [9.17, 15) is 19.2 Å². The van der Waals surface area contributed by atoms with Crippen molar-refractivity contribution in [2.45, 2.75) is 84.5 Å². The fourth-order valence-corrected chi connectivity index (χ4v) is 8.26. The van der Waals surface area contributed by atoms with E-state index >= 15 is 0 Å². The van der Waals surface area contributed by atoms with Crippen LogP contribution in [0.3, 0.4) is 0 Å². The predicted octanol–water partition coefficient (Wildman–Crippen LogP) is 7.11. The first-order valence-corrected chi connectivity index (χ1v) is 20.0. The number of allylic oxidation sites excluding steroid dienone is 1. The first kappa shape index (κ1) is 40.1. The van der Waals surface area contributed by atoms with Crippen LogP contribution in [0.25, 0.3) is 28.1 Å². The number of nitrogens with one attached hydrogen (secondary N) is 4. The Kier molecular flexibility index (Phi) is 11.6. The summed E-state index contributed by atoms with van der Waals surface area (Å²) in [6.45, 7) is 10.7. The Hall–Kier alpha value is -6.12. The number of H-pyrrole nitrogens is 2. The molecule has 0 bridgehead atoms. The van der Waals surface area contributed by atoms with E-state index in [0.717, 1.165) is 70.6 Å². The highest BCUT2D eigenvalue weighted by molar-refractivity contribution is 5.91. The molecule has 0 spiro atoms. The zero-order valence-corrected chi connectivity index (χ0v) is 34.0. The molecule has 0 radical (unpaired) electrons. The van der Waals surface area contributed by atoms with Crippen LogP contribution in [0.1, 0.15) is 95.2 Å². The highest BCUT2D eigenvalue weighted by Gasteiger charge is 2.39. The lowest BCUT2D eigenvalue weighted by Gasteiger charge is -2.30. The van der Waals surface area contributed by atoms with Crippen LogP contribution in [-0.2, 0) is 19.1 Å². The smallest absolute Gasteiger partial charge is 0.407 e. The number of hydrogen-bond donors (Lipinski definition) is 4. The molecule has 0 aliphatic carbocycles. The van der Waals surface area contributed by atoms with Gasteiger partial charge in [0, 0.05) is 35.3 Å². The van der Waals surface area contributed by atoms with E-state index in [1.54, 1.807) is 22.2 Å². The van der Waals surface area contributed by atoms with Gasteiger partial charge in [-0.25, -0.2) is 19.6 Å². The van der Waals surface area contributed by atoms with Gasteiger partial charge in [-0.3, -0.25) is 9.59 Å². The number of nitrogens with zero attached hydrogens (tertiary/aromatic N) is 4. The Morgan fingerprint density at radius 3 is 1.72 bits per heavy atom. The van der Waals surface area contributed by atoms with Crippen LogP contribution in [0.4, 0.5) is 9.59 Å². The molecule has 4 amide bonds. The lowest BCUT2D eigenvalue weighted by Crippen LogP contribution is -2.51. The Morgan fingerprint density at radius 1 is 0.741 bits per heavy atom. The van der Waals surface area contributed by atoms with E-state index in [-0.39, 0.29) is 35.7 Å². The van der Waals surface area contributed by atoms with Crippen LogP contribution in [0, 0.1) is 11.8 Å². The lowest BCUT2D eigenvalue weighted by molar-refractivity contribution is -0.136. The third kappa shape index (κ3) is 7.77. The molecule has 4 aromatic rings. The van der Waals surface area contributed by atoms with E-state index in [0.29, 0.717) is 30.5 Å². The molecule has 2 fully saturated rings. The summed E-state index contributed by atoms with van der Waals surface area (Å²) < 4.78 is 16.1. The Labute approximate surface area is 337 Å². The molecule has 3 aliphatic heterocycles. The number of carbonyl (C=O) groups is 4. The number of alkyl carbamates (subject to hydrolysis) is 2. The zero-order chi connectivity index (χ0) is 41.2. The maximum Gasteiger partial charge on any atom is 0.407 e. The van der Waals surface area contributed by atoms with Gasteiger partial charge in [0.25, 0.3) is 0 Å². The van der Waals surface area contributed by atoms with Crippen molar-refractivity contribution in [1.82, 2.24) is 40.4 Å². The standard InChI is InChI=1S/C43H52N8O7/c1-8-27-28-15-13-26(31-22-45-39(47-31)33-12-10-18-51(33)41(53)37(24(4)5)49-43(55)57-7)20-35(28)58-34-16-14-25(19-29(27)34)30-21-44-38(46-30)32-11-9-17-50(32)40(52)36(23(2)3)48-42(54)56-6/h8,13-16,19-24,32-33,36-37H,9-12,17-18H2,1-7H3,(H,44,46)(H,45,47)(H,48,54)(H,49,55)/b27-8-/t32-,33-,36-,37-/m0/s1. The highest BCUT2D eigenvalue weighted by atomic mass is 16.5. The second kappa shape index (κ2) is 16.8. The van der Waals surface area contributed by atoms with Crippen molar-refractivity contribution in [2.24, 2.45) is 11.8 Å². The van der Waals surface area contributed by atoms with Gasteiger partial charge in [0.1, 0.15) is 35.2 Å². The molecule has 306 valence electrons. The zero-order valence-electron chi connectivity index (χ0n) is 34.0. The van der Waals surface area contributed by atoms with Crippen LogP contribution >= 0.6 is 0 Å². The second-order valence-corrected chi connectivity index (χ2v) is 15.7. The van der Waals surface area contributed by atoms with E-state index < -0.39 is 24.3 Å². The first-order chi connectivity index (χ1) is 27.9. The molecule has 15 heteroatoms. The number of hydrogen-bond acceptors (Lipinski definition) is 9. The molecule has 3 aliphatic rings. The summed E-state index contributed by atoms with van der Waals surface area (Å²) in [5.74, 6) is 2.26. The molecular formula is C43H52N8O7. The summed E-state index contributed by atoms with van der Waals surface area (Å²) in [6.07, 6.45) is 7.56. The number of carbonyl (C=O) groups excluding carboxylic acids is 4. The number of ether oxygens (including phenoxy) is 3. The number of rotatable bonds is 10. The first-order valence-electron chi connectivity index (χ1n) is 20.0. The maximum atomic E-state index is 13.7. The highest BCUT2D eigenvalue weighted by Crippen LogP contribution is 2.46. The van der Waals surface area contributed by atoms with Crippen molar-refractivity contribution in [3.63, 3.8) is 0 Å². The monoisotopic (exact) mass is 792 g/mol. The topological polar surface area (TPSA) is 184 Å². The van der Waals surface area contributed by atoms with Crippen molar-refractivity contribution in [1.29, 1.82) is 0 Å².